The third-order valence-electron chi connectivity index (χ3n) is 5.38. The van der Waals surface area contributed by atoms with Gasteiger partial charge in [0.05, 0.1) is 12.7 Å². The SMILES string of the molecule is CCOc1ccc2ccc(O[C@@H]3C[C@@H]4CN(C(=O)O)C[C@@H]4C3)cc2c1. The molecular weight excluding hydrogens is 318 g/mol. The van der Waals surface area contributed by atoms with Crippen LogP contribution in [0.5, 0.6) is 11.5 Å². The van der Waals surface area contributed by atoms with Crippen molar-refractivity contribution < 1.29 is 19.4 Å². The van der Waals surface area contributed by atoms with E-state index in [1.54, 1.807) is 0 Å². The van der Waals surface area contributed by atoms with Crippen molar-refractivity contribution in [2.24, 2.45) is 11.8 Å². The number of hydrogen-bond donors (Lipinski definition) is 1. The summed E-state index contributed by atoms with van der Waals surface area (Å²) >= 11 is 0. The summed E-state index contributed by atoms with van der Waals surface area (Å²) in [5.41, 5.74) is 0. The van der Waals surface area contributed by atoms with Crippen LogP contribution in [0.4, 0.5) is 4.79 Å². The highest BCUT2D eigenvalue weighted by molar-refractivity contribution is 5.85. The number of carboxylic acid groups (broad SMARTS) is 1. The molecule has 1 aliphatic carbocycles. The molecule has 1 saturated carbocycles. The molecule has 5 nitrogen and oxygen atoms in total. The first-order chi connectivity index (χ1) is 12.1. The van der Waals surface area contributed by atoms with E-state index >= 15 is 0 Å². The normalized spacial score (nSPS) is 25.2. The van der Waals surface area contributed by atoms with E-state index in [9.17, 15) is 4.79 Å². The second-order valence-corrected chi connectivity index (χ2v) is 7.02. The van der Waals surface area contributed by atoms with E-state index in [4.69, 9.17) is 14.6 Å². The van der Waals surface area contributed by atoms with Crippen LogP contribution in [0.15, 0.2) is 36.4 Å². The van der Waals surface area contributed by atoms with Crippen LogP contribution in [0.25, 0.3) is 10.8 Å². The Bertz CT molecular complexity index is 776. The monoisotopic (exact) mass is 341 g/mol. The van der Waals surface area contributed by atoms with Gasteiger partial charge in [0.25, 0.3) is 0 Å². The molecule has 1 saturated heterocycles. The molecule has 132 valence electrons. The molecule has 1 amide bonds. The Morgan fingerprint density at radius 3 is 2.36 bits per heavy atom. The van der Waals surface area contributed by atoms with Gasteiger partial charge >= 0.3 is 6.09 Å². The minimum atomic E-state index is -0.800. The van der Waals surface area contributed by atoms with E-state index < -0.39 is 6.09 Å². The summed E-state index contributed by atoms with van der Waals surface area (Å²) in [5, 5.41) is 11.4. The van der Waals surface area contributed by atoms with Crippen molar-refractivity contribution in [2.45, 2.75) is 25.9 Å². The molecule has 0 aromatic heterocycles. The van der Waals surface area contributed by atoms with Gasteiger partial charge in [-0.05, 0) is 66.6 Å². The van der Waals surface area contributed by atoms with Crippen molar-refractivity contribution in [3.63, 3.8) is 0 Å². The molecule has 0 unspecified atom stereocenters. The van der Waals surface area contributed by atoms with Crippen LogP contribution >= 0.6 is 0 Å². The van der Waals surface area contributed by atoms with Crippen LogP contribution in [-0.4, -0.2) is 41.9 Å². The van der Waals surface area contributed by atoms with Gasteiger partial charge in [0.1, 0.15) is 11.5 Å². The van der Waals surface area contributed by atoms with Crippen LogP contribution in [0.2, 0.25) is 0 Å². The Hall–Kier alpha value is -2.43. The molecular formula is C20H23NO4. The zero-order valence-electron chi connectivity index (χ0n) is 14.4. The van der Waals surface area contributed by atoms with Gasteiger partial charge in [0, 0.05) is 13.1 Å². The van der Waals surface area contributed by atoms with E-state index in [0.29, 0.717) is 31.5 Å². The number of benzene rings is 2. The van der Waals surface area contributed by atoms with Crippen LogP contribution in [0.3, 0.4) is 0 Å². The fraction of sp³-hybridized carbons (Fsp3) is 0.450. The fourth-order valence-electron chi connectivity index (χ4n) is 4.22. The topological polar surface area (TPSA) is 59.0 Å². The molecule has 1 aliphatic heterocycles. The summed E-state index contributed by atoms with van der Waals surface area (Å²) in [4.78, 5) is 12.6. The zero-order valence-corrected chi connectivity index (χ0v) is 14.4. The molecule has 2 aromatic rings. The van der Waals surface area contributed by atoms with Gasteiger partial charge in [0.15, 0.2) is 0 Å². The summed E-state index contributed by atoms with van der Waals surface area (Å²) in [7, 11) is 0. The van der Waals surface area contributed by atoms with Gasteiger partial charge in [-0.15, -0.1) is 0 Å². The number of fused-ring (bicyclic) bond motifs is 2. The molecule has 0 bridgehead atoms. The van der Waals surface area contributed by atoms with Gasteiger partial charge in [-0.2, -0.15) is 0 Å². The van der Waals surface area contributed by atoms with Crippen LogP contribution in [-0.2, 0) is 0 Å². The van der Waals surface area contributed by atoms with Crippen molar-refractivity contribution in [3.05, 3.63) is 36.4 Å². The quantitative estimate of drug-likeness (QED) is 0.913. The van der Waals surface area contributed by atoms with E-state index in [-0.39, 0.29) is 6.10 Å². The summed E-state index contributed by atoms with van der Waals surface area (Å²) < 4.78 is 11.8. The standard InChI is InChI=1S/C20H23NO4/c1-2-24-17-5-3-13-4-6-18(8-14(13)7-17)25-19-9-15-11-21(20(22)23)12-16(15)10-19/h3-8,15-16,19H,2,9-12H2,1H3,(H,22,23)/t15-,16+,19-. The molecule has 5 heteroatoms. The minimum Gasteiger partial charge on any atom is -0.494 e. The Kier molecular flexibility index (Phi) is 4.15. The van der Waals surface area contributed by atoms with Crippen molar-refractivity contribution in [3.8, 4) is 11.5 Å². The third kappa shape index (κ3) is 3.23. The van der Waals surface area contributed by atoms with Gasteiger partial charge in [-0.3, -0.25) is 0 Å². The molecule has 1 heterocycles. The maximum atomic E-state index is 11.1. The number of carbonyl (C=O) groups is 1. The first-order valence-corrected chi connectivity index (χ1v) is 8.93. The smallest absolute Gasteiger partial charge is 0.407 e. The Morgan fingerprint density at radius 2 is 1.72 bits per heavy atom. The van der Waals surface area contributed by atoms with Crippen LogP contribution in [0, 0.1) is 11.8 Å². The highest BCUT2D eigenvalue weighted by atomic mass is 16.5. The lowest BCUT2D eigenvalue weighted by Crippen LogP contribution is -2.29. The lowest BCUT2D eigenvalue weighted by Gasteiger charge is -2.18. The van der Waals surface area contributed by atoms with E-state index in [1.165, 1.54) is 4.90 Å². The van der Waals surface area contributed by atoms with E-state index in [2.05, 4.69) is 18.2 Å². The van der Waals surface area contributed by atoms with E-state index in [0.717, 1.165) is 35.1 Å². The number of nitrogens with zero attached hydrogens (tertiary/aromatic N) is 1. The summed E-state index contributed by atoms with van der Waals surface area (Å²) in [6.07, 6.45) is 1.25. The first-order valence-electron chi connectivity index (χ1n) is 8.93. The van der Waals surface area contributed by atoms with Gasteiger partial charge in [-0.1, -0.05) is 12.1 Å². The number of likely N-dealkylation sites (tertiary alicyclic amines) is 1. The largest absolute Gasteiger partial charge is 0.494 e. The lowest BCUT2D eigenvalue weighted by molar-refractivity contribution is 0.144. The molecule has 1 N–H and O–H groups in total. The minimum absolute atomic E-state index is 0.179. The Morgan fingerprint density at radius 1 is 1.08 bits per heavy atom. The van der Waals surface area contributed by atoms with Crippen molar-refractivity contribution >= 4 is 16.9 Å². The predicted molar refractivity (Wildman–Crippen MR) is 95.3 cm³/mol. The number of rotatable bonds is 4. The average Bonchev–Trinajstić information content (AvgIpc) is 3.13. The zero-order chi connectivity index (χ0) is 17.4. The summed E-state index contributed by atoms with van der Waals surface area (Å²) in [6.45, 7) is 3.93. The van der Waals surface area contributed by atoms with Crippen molar-refractivity contribution in [2.75, 3.05) is 19.7 Å². The molecule has 0 spiro atoms. The maximum Gasteiger partial charge on any atom is 0.407 e. The molecule has 2 fully saturated rings. The molecule has 4 rings (SSSR count). The van der Waals surface area contributed by atoms with Gasteiger partial charge < -0.3 is 19.5 Å². The second kappa shape index (κ2) is 6.47. The van der Waals surface area contributed by atoms with Crippen LogP contribution in [0.1, 0.15) is 19.8 Å². The lowest BCUT2D eigenvalue weighted by atomic mass is 10.0. The molecule has 25 heavy (non-hydrogen) atoms. The third-order valence-corrected chi connectivity index (χ3v) is 5.38. The predicted octanol–water partition coefficient (Wildman–Crippen LogP) is 4.01. The van der Waals surface area contributed by atoms with Crippen molar-refractivity contribution in [1.82, 2.24) is 4.90 Å². The van der Waals surface area contributed by atoms with E-state index in [1.807, 2.05) is 25.1 Å². The molecule has 2 aromatic carbocycles. The first kappa shape index (κ1) is 16.1. The van der Waals surface area contributed by atoms with Crippen molar-refractivity contribution in [1.29, 1.82) is 0 Å². The maximum absolute atomic E-state index is 11.1. The Labute approximate surface area is 147 Å². The molecule has 2 aliphatic rings. The summed E-state index contributed by atoms with van der Waals surface area (Å²) in [6, 6.07) is 12.2. The highest BCUT2D eigenvalue weighted by Crippen LogP contribution is 2.40. The Balaban J connectivity index is 1.44. The highest BCUT2D eigenvalue weighted by Gasteiger charge is 2.43. The number of ether oxygens (including phenoxy) is 2. The second-order valence-electron chi connectivity index (χ2n) is 7.02. The number of hydrogen-bond acceptors (Lipinski definition) is 3. The number of amides is 1. The fourth-order valence-corrected chi connectivity index (χ4v) is 4.22. The molecule has 3 atom stereocenters. The van der Waals surface area contributed by atoms with Gasteiger partial charge in [-0.25, -0.2) is 4.79 Å². The average molecular weight is 341 g/mol. The van der Waals surface area contributed by atoms with Crippen LogP contribution < -0.4 is 9.47 Å². The van der Waals surface area contributed by atoms with Gasteiger partial charge in [0.2, 0.25) is 0 Å². The molecule has 0 radical (unpaired) electrons. The summed E-state index contributed by atoms with van der Waals surface area (Å²) in [5.74, 6) is 2.62.